The van der Waals surface area contributed by atoms with E-state index in [0.717, 1.165) is 40.7 Å². The molecule has 1 amide bonds. The molecule has 4 aromatic rings. The number of benzene rings is 2. The van der Waals surface area contributed by atoms with Crippen LogP contribution < -0.4 is 15.4 Å². The van der Waals surface area contributed by atoms with Gasteiger partial charge in [-0.2, -0.15) is 0 Å². The number of ether oxygens (including phenoxy) is 1. The molecule has 32 heavy (non-hydrogen) atoms. The summed E-state index contributed by atoms with van der Waals surface area (Å²) in [5, 5.41) is 6.38. The normalized spacial score (nSPS) is 11.0. The average molecular weight is 431 g/mol. The highest BCUT2D eigenvalue weighted by atomic mass is 16.5. The summed E-state index contributed by atoms with van der Waals surface area (Å²) >= 11 is 0. The second-order valence-corrected chi connectivity index (χ2v) is 7.60. The van der Waals surface area contributed by atoms with E-state index in [-0.39, 0.29) is 5.91 Å². The maximum absolute atomic E-state index is 12.3. The molecule has 0 saturated carbocycles. The smallest absolute Gasteiger partial charge is 0.251 e. The van der Waals surface area contributed by atoms with Crippen LogP contribution in [0.4, 0.5) is 11.5 Å². The van der Waals surface area contributed by atoms with Crippen LogP contribution >= 0.6 is 0 Å². The van der Waals surface area contributed by atoms with Crippen molar-refractivity contribution in [2.75, 3.05) is 39.6 Å². The van der Waals surface area contributed by atoms with Crippen LogP contribution in [-0.2, 0) is 0 Å². The van der Waals surface area contributed by atoms with E-state index >= 15 is 0 Å². The fourth-order valence-electron chi connectivity index (χ4n) is 3.31. The van der Waals surface area contributed by atoms with Crippen molar-refractivity contribution < 1.29 is 9.53 Å². The highest BCUT2D eigenvalue weighted by molar-refractivity contribution is 5.94. The third kappa shape index (κ3) is 4.70. The van der Waals surface area contributed by atoms with Crippen LogP contribution in [0.3, 0.4) is 0 Å². The van der Waals surface area contributed by atoms with Crippen molar-refractivity contribution >= 4 is 23.1 Å². The number of methoxy groups -OCH3 is 1. The Kier molecular flexibility index (Phi) is 6.32. The maximum Gasteiger partial charge on any atom is 0.251 e. The lowest BCUT2D eigenvalue weighted by Crippen LogP contribution is -2.31. The molecule has 8 heteroatoms. The summed E-state index contributed by atoms with van der Waals surface area (Å²) in [5.74, 6) is 1.52. The summed E-state index contributed by atoms with van der Waals surface area (Å²) in [6.07, 6.45) is 5.31. The van der Waals surface area contributed by atoms with Crippen LogP contribution in [0.1, 0.15) is 10.4 Å². The van der Waals surface area contributed by atoms with Gasteiger partial charge in [0.15, 0.2) is 5.65 Å². The van der Waals surface area contributed by atoms with E-state index < -0.39 is 0 Å². The highest BCUT2D eigenvalue weighted by Gasteiger charge is 2.15. The van der Waals surface area contributed by atoms with Crippen molar-refractivity contribution in [3.05, 3.63) is 72.7 Å². The van der Waals surface area contributed by atoms with Gasteiger partial charge in [-0.05, 0) is 62.6 Å². The van der Waals surface area contributed by atoms with Gasteiger partial charge >= 0.3 is 0 Å². The number of likely N-dealkylation sites (N-methyl/N-ethyl adjacent to an activating group) is 1. The molecule has 0 unspecified atom stereocenters. The number of hydrogen-bond acceptors (Lipinski definition) is 6. The van der Waals surface area contributed by atoms with Crippen molar-refractivity contribution in [3.8, 4) is 17.0 Å². The van der Waals surface area contributed by atoms with Gasteiger partial charge in [0.25, 0.3) is 5.91 Å². The van der Waals surface area contributed by atoms with Crippen molar-refractivity contribution in [2.45, 2.75) is 0 Å². The fourth-order valence-corrected chi connectivity index (χ4v) is 3.31. The molecule has 8 nitrogen and oxygen atoms in total. The van der Waals surface area contributed by atoms with Crippen molar-refractivity contribution in [3.63, 3.8) is 0 Å². The Bertz CT molecular complexity index is 1200. The van der Waals surface area contributed by atoms with Crippen LogP contribution in [0, 0.1) is 0 Å². The van der Waals surface area contributed by atoms with Gasteiger partial charge in [0, 0.05) is 42.3 Å². The molecule has 164 valence electrons. The number of rotatable bonds is 8. The van der Waals surface area contributed by atoms with Gasteiger partial charge in [-0.15, -0.1) is 0 Å². The molecule has 2 N–H and O–H groups in total. The van der Waals surface area contributed by atoms with Gasteiger partial charge in [0.1, 0.15) is 17.3 Å². The fraction of sp³-hybridized carbons (Fsp3) is 0.208. The Hall–Kier alpha value is -3.91. The topological polar surface area (TPSA) is 83.8 Å². The quantitative estimate of drug-likeness (QED) is 0.446. The first kappa shape index (κ1) is 21.3. The first-order valence-electron chi connectivity index (χ1n) is 10.3. The minimum atomic E-state index is -0.0850. The lowest BCUT2D eigenvalue weighted by Gasteiger charge is -2.12. The summed E-state index contributed by atoms with van der Waals surface area (Å²) < 4.78 is 7.22. The number of nitrogens with one attached hydrogen (secondary N) is 2. The number of fused-ring (bicyclic) bond motifs is 1. The number of carbonyl (C=O) groups excluding carboxylic acids is 1. The molecule has 0 bridgehead atoms. The first-order valence-corrected chi connectivity index (χ1v) is 10.3. The molecule has 2 aromatic carbocycles. The number of amides is 1. The first-order chi connectivity index (χ1) is 15.5. The molecule has 0 aliphatic heterocycles. The summed E-state index contributed by atoms with van der Waals surface area (Å²) in [7, 11) is 5.59. The van der Waals surface area contributed by atoms with Crippen molar-refractivity contribution in [2.24, 2.45) is 0 Å². The van der Waals surface area contributed by atoms with Gasteiger partial charge in [0.05, 0.1) is 13.3 Å². The zero-order chi connectivity index (χ0) is 22.5. The predicted octanol–water partition coefficient (Wildman–Crippen LogP) is 3.44. The standard InChI is InChI=1S/C24H26N6O2/c1-29(2)14-13-26-24(31)18-4-8-19(9-5-18)27-23-22(17-6-10-20(32-3)11-7-17)28-21-16-25-12-15-30(21)23/h4-12,15-16,27H,13-14H2,1-3H3,(H,26,31). The molecule has 0 radical (unpaired) electrons. The molecule has 0 spiro atoms. The minimum absolute atomic E-state index is 0.0850. The summed E-state index contributed by atoms with van der Waals surface area (Å²) in [6.45, 7) is 1.40. The molecule has 0 aliphatic rings. The Morgan fingerprint density at radius 1 is 1.09 bits per heavy atom. The number of nitrogens with zero attached hydrogens (tertiary/aromatic N) is 4. The van der Waals surface area contributed by atoms with Crippen LogP contribution in [0.15, 0.2) is 67.1 Å². The van der Waals surface area contributed by atoms with Gasteiger partial charge in [-0.3, -0.25) is 14.2 Å². The van der Waals surface area contributed by atoms with Gasteiger partial charge in [0.2, 0.25) is 0 Å². The number of carbonyl (C=O) groups is 1. The molecule has 2 heterocycles. The second-order valence-electron chi connectivity index (χ2n) is 7.60. The van der Waals surface area contributed by atoms with Gasteiger partial charge < -0.3 is 20.3 Å². The number of imidazole rings is 1. The van der Waals surface area contributed by atoms with Crippen LogP contribution in [0.2, 0.25) is 0 Å². The van der Waals surface area contributed by atoms with Gasteiger partial charge in [-0.25, -0.2) is 4.98 Å². The number of aromatic nitrogens is 3. The zero-order valence-corrected chi connectivity index (χ0v) is 18.4. The Balaban J connectivity index is 1.59. The average Bonchev–Trinajstić information content (AvgIpc) is 3.17. The third-order valence-corrected chi connectivity index (χ3v) is 5.05. The summed E-state index contributed by atoms with van der Waals surface area (Å²) in [6, 6.07) is 15.2. The van der Waals surface area contributed by atoms with E-state index in [1.807, 2.05) is 78.1 Å². The minimum Gasteiger partial charge on any atom is -0.497 e. The number of anilines is 2. The zero-order valence-electron chi connectivity index (χ0n) is 18.4. The SMILES string of the molecule is COc1ccc(-c2nc3cnccn3c2Nc2ccc(C(=O)NCCN(C)C)cc2)cc1. The Morgan fingerprint density at radius 2 is 1.84 bits per heavy atom. The van der Waals surface area contributed by atoms with Crippen molar-refractivity contribution in [1.29, 1.82) is 0 Å². The molecule has 0 saturated heterocycles. The van der Waals surface area contributed by atoms with E-state index in [2.05, 4.69) is 15.6 Å². The molecule has 2 aromatic heterocycles. The third-order valence-electron chi connectivity index (χ3n) is 5.05. The van der Waals surface area contributed by atoms with E-state index in [0.29, 0.717) is 12.1 Å². The molecule has 0 atom stereocenters. The van der Waals surface area contributed by atoms with Crippen LogP contribution in [0.5, 0.6) is 5.75 Å². The molecular formula is C24H26N6O2. The largest absolute Gasteiger partial charge is 0.497 e. The maximum atomic E-state index is 12.3. The monoisotopic (exact) mass is 430 g/mol. The lowest BCUT2D eigenvalue weighted by molar-refractivity contribution is 0.0951. The predicted molar refractivity (Wildman–Crippen MR) is 126 cm³/mol. The molecule has 4 rings (SSSR count). The Labute approximate surface area is 186 Å². The van der Waals surface area contributed by atoms with E-state index in [1.54, 1.807) is 19.5 Å². The molecular weight excluding hydrogens is 404 g/mol. The van der Waals surface area contributed by atoms with Crippen LogP contribution in [0.25, 0.3) is 16.9 Å². The lowest BCUT2D eigenvalue weighted by atomic mass is 10.1. The summed E-state index contributed by atoms with van der Waals surface area (Å²) in [5.41, 5.74) is 3.95. The van der Waals surface area contributed by atoms with E-state index in [1.165, 1.54) is 0 Å². The van der Waals surface area contributed by atoms with Crippen LogP contribution in [-0.4, -0.2) is 59.5 Å². The highest BCUT2D eigenvalue weighted by Crippen LogP contribution is 2.31. The van der Waals surface area contributed by atoms with E-state index in [9.17, 15) is 4.79 Å². The molecule has 0 fully saturated rings. The van der Waals surface area contributed by atoms with Crippen molar-refractivity contribution in [1.82, 2.24) is 24.6 Å². The molecule has 0 aliphatic carbocycles. The summed E-state index contributed by atoms with van der Waals surface area (Å²) in [4.78, 5) is 23.3. The number of hydrogen-bond donors (Lipinski definition) is 2. The van der Waals surface area contributed by atoms with E-state index in [4.69, 9.17) is 9.72 Å². The Morgan fingerprint density at radius 3 is 2.53 bits per heavy atom. The van der Waals surface area contributed by atoms with Gasteiger partial charge in [-0.1, -0.05) is 0 Å². The second kappa shape index (κ2) is 9.49.